The molecule has 3 aromatic rings. The van der Waals surface area contributed by atoms with Crippen LogP contribution in [0.3, 0.4) is 0 Å². The zero-order chi connectivity index (χ0) is 20.7. The molecule has 1 aliphatic heterocycles. The highest BCUT2D eigenvalue weighted by molar-refractivity contribution is 5.95. The number of fused-ring (bicyclic) bond motifs is 1. The fourth-order valence-corrected chi connectivity index (χ4v) is 4.33. The first-order valence-electron chi connectivity index (χ1n) is 10.6. The summed E-state index contributed by atoms with van der Waals surface area (Å²) in [5.74, 6) is 0.917. The van der Waals surface area contributed by atoms with E-state index in [0.29, 0.717) is 12.6 Å². The molecule has 5 rings (SSSR count). The Morgan fingerprint density at radius 1 is 1.20 bits per heavy atom. The van der Waals surface area contributed by atoms with Crippen LogP contribution in [0.15, 0.2) is 49.1 Å². The van der Waals surface area contributed by atoms with Crippen molar-refractivity contribution in [2.75, 3.05) is 4.90 Å². The van der Waals surface area contributed by atoms with Crippen molar-refractivity contribution in [2.24, 2.45) is 0 Å². The summed E-state index contributed by atoms with van der Waals surface area (Å²) in [6.07, 6.45) is 11.8. The van der Waals surface area contributed by atoms with Gasteiger partial charge in [0, 0.05) is 53.8 Å². The monoisotopic (exact) mass is 402 g/mol. The summed E-state index contributed by atoms with van der Waals surface area (Å²) < 4.78 is 8.47. The standard InChI is InChI=1S/C24H26N4O2/c1-16-5-8-22-23(28(16)17(2)29)10-9-21(19-13-26-27(14-19)20-6-7-20)24(22)30-15-18-4-3-11-25-12-18/h3-4,9-14,16,20H,5-8,15H2,1-2H3/t16-/m0/s1. The molecule has 1 fully saturated rings. The number of carbonyl (C=O) groups is 1. The Hall–Kier alpha value is -3.15. The zero-order valence-electron chi connectivity index (χ0n) is 17.4. The first kappa shape index (κ1) is 18.9. The van der Waals surface area contributed by atoms with E-state index < -0.39 is 0 Å². The lowest BCUT2D eigenvalue weighted by atomic mass is 9.92. The molecular formula is C24H26N4O2. The first-order chi connectivity index (χ1) is 14.6. The molecular weight excluding hydrogens is 376 g/mol. The number of hydrogen-bond acceptors (Lipinski definition) is 4. The minimum Gasteiger partial charge on any atom is -0.488 e. The molecule has 1 amide bonds. The van der Waals surface area contributed by atoms with Crippen molar-refractivity contribution in [3.8, 4) is 16.9 Å². The van der Waals surface area contributed by atoms with Gasteiger partial charge in [-0.25, -0.2) is 0 Å². The Labute approximate surface area is 176 Å². The predicted octanol–water partition coefficient (Wildman–Crippen LogP) is 4.55. The highest BCUT2D eigenvalue weighted by atomic mass is 16.5. The third kappa shape index (κ3) is 3.47. The molecule has 30 heavy (non-hydrogen) atoms. The van der Waals surface area contributed by atoms with Gasteiger partial charge in [0.1, 0.15) is 12.4 Å². The van der Waals surface area contributed by atoms with E-state index in [0.717, 1.165) is 46.5 Å². The maximum absolute atomic E-state index is 12.4. The number of aromatic nitrogens is 3. The van der Waals surface area contributed by atoms with Crippen LogP contribution in [0.2, 0.25) is 0 Å². The molecule has 0 radical (unpaired) electrons. The van der Waals surface area contributed by atoms with Crippen molar-refractivity contribution < 1.29 is 9.53 Å². The zero-order valence-corrected chi connectivity index (χ0v) is 17.4. The van der Waals surface area contributed by atoms with Crippen LogP contribution >= 0.6 is 0 Å². The molecule has 1 aromatic carbocycles. The van der Waals surface area contributed by atoms with Crippen LogP contribution in [-0.2, 0) is 17.8 Å². The summed E-state index contributed by atoms with van der Waals surface area (Å²) >= 11 is 0. The molecule has 0 saturated heterocycles. The molecule has 3 heterocycles. The second-order valence-electron chi connectivity index (χ2n) is 8.31. The number of benzene rings is 1. The normalized spacial score (nSPS) is 18.2. The van der Waals surface area contributed by atoms with Crippen LogP contribution in [0.4, 0.5) is 5.69 Å². The van der Waals surface area contributed by atoms with Crippen molar-refractivity contribution in [3.63, 3.8) is 0 Å². The van der Waals surface area contributed by atoms with Crippen molar-refractivity contribution in [3.05, 3.63) is 60.2 Å². The summed E-state index contributed by atoms with van der Waals surface area (Å²) in [4.78, 5) is 18.5. The quantitative estimate of drug-likeness (QED) is 0.628. The fourth-order valence-electron chi connectivity index (χ4n) is 4.33. The van der Waals surface area contributed by atoms with E-state index in [4.69, 9.17) is 4.74 Å². The lowest BCUT2D eigenvalue weighted by Gasteiger charge is -2.36. The maximum atomic E-state index is 12.4. The second-order valence-corrected chi connectivity index (χ2v) is 8.31. The van der Waals surface area contributed by atoms with E-state index in [1.54, 1.807) is 13.1 Å². The Kier molecular flexibility index (Phi) is 4.77. The molecule has 1 saturated carbocycles. The SMILES string of the molecule is CC(=O)N1c2ccc(-c3cnn(C4CC4)c3)c(OCc3cccnc3)c2CC[C@@H]1C. The van der Waals surface area contributed by atoms with Gasteiger partial charge in [-0.05, 0) is 50.8 Å². The number of amides is 1. The molecule has 1 aliphatic carbocycles. The van der Waals surface area contributed by atoms with Crippen LogP contribution in [0.5, 0.6) is 5.75 Å². The molecule has 6 heteroatoms. The van der Waals surface area contributed by atoms with Gasteiger partial charge in [-0.1, -0.05) is 6.07 Å². The molecule has 2 aliphatic rings. The van der Waals surface area contributed by atoms with Crippen molar-refractivity contribution in [2.45, 2.75) is 58.2 Å². The van der Waals surface area contributed by atoms with E-state index in [-0.39, 0.29) is 11.9 Å². The highest BCUT2D eigenvalue weighted by Gasteiger charge is 2.30. The molecule has 0 unspecified atom stereocenters. The molecule has 2 aromatic heterocycles. The first-order valence-corrected chi connectivity index (χ1v) is 10.6. The van der Waals surface area contributed by atoms with Crippen LogP contribution in [0, 0.1) is 0 Å². The number of ether oxygens (including phenoxy) is 1. The fraction of sp³-hybridized carbons (Fsp3) is 0.375. The van der Waals surface area contributed by atoms with Gasteiger partial charge < -0.3 is 9.64 Å². The highest BCUT2D eigenvalue weighted by Crippen LogP contribution is 2.44. The number of carbonyl (C=O) groups excluding carboxylic acids is 1. The lowest BCUT2D eigenvalue weighted by Crippen LogP contribution is -2.40. The van der Waals surface area contributed by atoms with E-state index in [1.165, 1.54) is 12.8 Å². The number of pyridine rings is 1. The number of rotatable bonds is 5. The molecule has 0 spiro atoms. The Morgan fingerprint density at radius 3 is 2.80 bits per heavy atom. The van der Waals surface area contributed by atoms with Crippen LogP contribution in [0.1, 0.15) is 50.3 Å². The van der Waals surface area contributed by atoms with Gasteiger partial charge in [0.15, 0.2) is 0 Å². The molecule has 1 atom stereocenters. The summed E-state index contributed by atoms with van der Waals surface area (Å²) in [5.41, 5.74) is 5.16. The second kappa shape index (κ2) is 7.59. The van der Waals surface area contributed by atoms with E-state index in [1.807, 2.05) is 29.4 Å². The van der Waals surface area contributed by atoms with Crippen molar-refractivity contribution in [1.29, 1.82) is 0 Å². The average molecular weight is 402 g/mol. The summed E-state index contributed by atoms with van der Waals surface area (Å²) in [7, 11) is 0. The number of anilines is 1. The van der Waals surface area contributed by atoms with Gasteiger partial charge in [0.25, 0.3) is 0 Å². The van der Waals surface area contributed by atoms with E-state index in [9.17, 15) is 4.79 Å². The van der Waals surface area contributed by atoms with Crippen LogP contribution in [0.25, 0.3) is 11.1 Å². The molecule has 0 bridgehead atoms. The number of hydrogen-bond donors (Lipinski definition) is 0. The Bertz CT molecular complexity index is 1070. The minimum atomic E-state index is 0.0657. The summed E-state index contributed by atoms with van der Waals surface area (Å²) in [6, 6.07) is 8.78. The van der Waals surface area contributed by atoms with Gasteiger partial charge in [-0.2, -0.15) is 5.10 Å². The predicted molar refractivity (Wildman–Crippen MR) is 115 cm³/mol. The van der Waals surface area contributed by atoms with Crippen molar-refractivity contribution in [1.82, 2.24) is 14.8 Å². The number of nitrogens with zero attached hydrogens (tertiary/aromatic N) is 4. The van der Waals surface area contributed by atoms with Gasteiger partial charge in [0.2, 0.25) is 5.91 Å². The Morgan fingerprint density at radius 2 is 2.07 bits per heavy atom. The third-order valence-electron chi connectivity index (χ3n) is 6.03. The minimum absolute atomic E-state index is 0.0657. The Balaban J connectivity index is 1.58. The third-order valence-corrected chi connectivity index (χ3v) is 6.03. The van der Waals surface area contributed by atoms with E-state index in [2.05, 4.69) is 40.0 Å². The average Bonchev–Trinajstić information content (AvgIpc) is 3.49. The van der Waals surface area contributed by atoms with Crippen LogP contribution in [-0.4, -0.2) is 26.7 Å². The van der Waals surface area contributed by atoms with Crippen molar-refractivity contribution >= 4 is 11.6 Å². The topological polar surface area (TPSA) is 60.2 Å². The largest absolute Gasteiger partial charge is 0.488 e. The summed E-state index contributed by atoms with van der Waals surface area (Å²) in [5, 5.41) is 4.57. The molecule has 154 valence electrons. The summed E-state index contributed by atoms with van der Waals surface area (Å²) in [6.45, 7) is 4.17. The lowest BCUT2D eigenvalue weighted by molar-refractivity contribution is -0.117. The maximum Gasteiger partial charge on any atom is 0.224 e. The van der Waals surface area contributed by atoms with Gasteiger partial charge >= 0.3 is 0 Å². The van der Waals surface area contributed by atoms with Gasteiger partial charge in [-0.3, -0.25) is 14.5 Å². The van der Waals surface area contributed by atoms with Gasteiger partial charge in [-0.15, -0.1) is 0 Å². The van der Waals surface area contributed by atoms with Crippen LogP contribution < -0.4 is 9.64 Å². The molecule has 0 N–H and O–H groups in total. The molecule has 6 nitrogen and oxygen atoms in total. The van der Waals surface area contributed by atoms with Gasteiger partial charge in [0.05, 0.1) is 17.9 Å². The smallest absolute Gasteiger partial charge is 0.224 e. The van der Waals surface area contributed by atoms with E-state index >= 15 is 0 Å².